The van der Waals surface area contributed by atoms with Crippen LogP contribution in [0.4, 0.5) is 0 Å². The van der Waals surface area contributed by atoms with Gasteiger partial charge in [-0.15, -0.1) is 0 Å². The first-order chi connectivity index (χ1) is 25.3. The molecule has 0 fully saturated rings. The van der Waals surface area contributed by atoms with Crippen molar-refractivity contribution >= 4 is 11.9 Å². The van der Waals surface area contributed by atoms with Crippen LogP contribution in [-0.2, 0) is 23.8 Å². The summed E-state index contributed by atoms with van der Waals surface area (Å²) in [5, 5.41) is 0. The molecular weight excluding hydrogens is 647 g/mol. The van der Waals surface area contributed by atoms with E-state index >= 15 is 0 Å². The highest BCUT2D eigenvalue weighted by molar-refractivity contribution is 5.70. The quantitative estimate of drug-likeness (QED) is 0.0271. The summed E-state index contributed by atoms with van der Waals surface area (Å²) in [5.74, 6) is -0.372. The average molecular weight is 735 g/mol. The number of ether oxygens (including phenoxy) is 3. The van der Waals surface area contributed by atoms with E-state index in [0.29, 0.717) is 30.5 Å². The number of carbonyl (C=O) groups excluding carboxylic acids is 2. The number of likely N-dealkylation sites (N-methyl/N-ethyl adjacent to an activating group) is 1. The van der Waals surface area contributed by atoms with Crippen molar-refractivity contribution in [3.8, 4) is 0 Å². The van der Waals surface area contributed by atoms with Crippen molar-refractivity contribution in [3.63, 3.8) is 0 Å². The molecule has 0 heterocycles. The summed E-state index contributed by atoms with van der Waals surface area (Å²) in [6.45, 7) is 6.67. The first kappa shape index (κ1) is 50.3. The second-order valence-corrected chi connectivity index (χ2v) is 16.0. The summed E-state index contributed by atoms with van der Waals surface area (Å²) in [5.41, 5.74) is 0. The van der Waals surface area contributed by atoms with Gasteiger partial charge in [-0.2, -0.15) is 0 Å². The van der Waals surface area contributed by atoms with E-state index in [0.717, 1.165) is 45.1 Å². The summed E-state index contributed by atoms with van der Waals surface area (Å²) in [6, 6.07) is 0. The fourth-order valence-corrected chi connectivity index (χ4v) is 6.64. The van der Waals surface area contributed by atoms with Gasteiger partial charge in [0.1, 0.15) is 19.7 Å². The number of unbranched alkanes of at least 4 members (excludes halogenated alkanes) is 24. The zero-order valence-corrected chi connectivity index (χ0v) is 35.4. The first-order valence-corrected chi connectivity index (χ1v) is 22.3. The molecule has 0 saturated heterocycles. The normalized spacial score (nSPS) is 12.6. The molecule has 0 bridgehead atoms. The molecule has 52 heavy (non-hydrogen) atoms. The standard InChI is InChI=1S/C46H88NO5/c1-6-8-10-12-14-16-18-20-22-24-26-28-30-32-34-36-38-45(48)51-43-44(42-47(3,4)40-41-50-5)52-46(49)39-37-35-33-31-29-27-25-23-21-19-17-15-13-11-9-7-2/h20-23,44H,6-19,24-43H2,1-5H3/q+1. The third kappa shape index (κ3) is 38.1. The Bertz CT molecular complexity index is 839. The summed E-state index contributed by atoms with van der Waals surface area (Å²) >= 11 is 0. The molecule has 0 rings (SSSR count). The smallest absolute Gasteiger partial charge is 0.306 e. The Balaban J connectivity index is 4.11. The lowest BCUT2D eigenvalue weighted by Gasteiger charge is -2.32. The van der Waals surface area contributed by atoms with Crippen LogP contribution in [-0.4, -0.2) is 70.0 Å². The molecule has 0 aromatic rings. The first-order valence-electron chi connectivity index (χ1n) is 22.3. The van der Waals surface area contributed by atoms with Crippen molar-refractivity contribution in [1.29, 1.82) is 0 Å². The van der Waals surface area contributed by atoms with Crippen LogP contribution >= 0.6 is 0 Å². The molecule has 6 heteroatoms. The Hall–Kier alpha value is -1.66. The maximum atomic E-state index is 12.8. The predicted octanol–water partition coefficient (Wildman–Crippen LogP) is 13.0. The lowest BCUT2D eigenvalue weighted by Crippen LogP contribution is -2.49. The van der Waals surface area contributed by atoms with E-state index in [1.165, 1.54) is 141 Å². The van der Waals surface area contributed by atoms with Crippen molar-refractivity contribution in [3.05, 3.63) is 24.3 Å². The molecule has 0 spiro atoms. The molecule has 6 nitrogen and oxygen atoms in total. The highest BCUT2D eigenvalue weighted by Crippen LogP contribution is 2.14. The summed E-state index contributed by atoms with van der Waals surface area (Å²) in [6.07, 6.45) is 44.7. The average Bonchev–Trinajstić information content (AvgIpc) is 3.12. The number of nitrogens with zero attached hydrogens (tertiary/aromatic N) is 1. The van der Waals surface area contributed by atoms with Gasteiger partial charge in [0, 0.05) is 20.0 Å². The number of esters is 2. The highest BCUT2D eigenvalue weighted by atomic mass is 16.6. The lowest BCUT2D eigenvalue weighted by atomic mass is 10.1. The molecular formula is C46H88NO5+. The summed E-state index contributed by atoms with van der Waals surface area (Å²) in [7, 11) is 5.89. The van der Waals surface area contributed by atoms with Crippen molar-refractivity contribution in [2.75, 3.05) is 47.5 Å². The maximum Gasteiger partial charge on any atom is 0.306 e. The Morgan fingerprint density at radius 1 is 0.519 bits per heavy atom. The van der Waals surface area contributed by atoms with Crippen molar-refractivity contribution < 1.29 is 28.3 Å². The molecule has 0 aromatic carbocycles. The molecule has 0 aliphatic rings. The SMILES string of the molecule is CCCCCCCCC=CCCCCCCCCC(=O)OCC(C[N+](C)(C)CCOC)OC(=O)CCCCCCCCC=CCCCCCCCC. The van der Waals surface area contributed by atoms with Crippen molar-refractivity contribution in [2.45, 2.75) is 213 Å². The van der Waals surface area contributed by atoms with E-state index in [1.807, 2.05) is 0 Å². The highest BCUT2D eigenvalue weighted by Gasteiger charge is 2.26. The second kappa shape index (κ2) is 39.0. The lowest BCUT2D eigenvalue weighted by molar-refractivity contribution is -0.893. The molecule has 0 N–H and O–H groups in total. The molecule has 1 atom stereocenters. The number of methoxy groups -OCH3 is 1. The van der Waals surface area contributed by atoms with Gasteiger partial charge in [0.05, 0.1) is 20.7 Å². The predicted molar refractivity (Wildman–Crippen MR) is 223 cm³/mol. The Kier molecular flexibility index (Phi) is 37.8. The minimum Gasteiger partial charge on any atom is -0.461 e. The van der Waals surface area contributed by atoms with Crippen LogP contribution < -0.4 is 0 Å². The van der Waals surface area contributed by atoms with E-state index in [2.05, 4.69) is 52.2 Å². The fraction of sp³-hybridized carbons (Fsp3) is 0.870. The molecule has 0 amide bonds. The minimum absolute atomic E-state index is 0.124. The van der Waals surface area contributed by atoms with Gasteiger partial charge in [0.25, 0.3) is 0 Å². The van der Waals surface area contributed by atoms with E-state index in [1.54, 1.807) is 7.11 Å². The van der Waals surface area contributed by atoms with E-state index in [-0.39, 0.29) is 18.5 Å². The summed E-state index contributed by atoms with van der Waals surface area (Å²) < 4.78 is 17.5. The zero-order chi connectivity index (χ0) is 38.2. The van der Waals surface area contributed by atoms with Crippen LogP contribution in [0.2, 0.25) is 0 Å². The van der Waals surface area contributed by atoms with Crippen LogP contribution in [0.25, 0.3) is 0 Å². The van der Waals surface area contributed by atoms with Crippen molar-refractivity contribution in [2.24, 2.45) is 0 Å². The Morgan fingerprint density at radius 2 is 0.885 bits per heavy atom. The maximum absolute atomic E-state index is 12.8. The number of allylic oxidation sites excluding steroid dienone is 4. The van der Waals surface area contributed by atoms with Gasteiger partial charge in [-0.05, 0) is 64.2 Å². The minimum atomic E-state index is -0.447. The third-order valence-electron chi connectivity index (χ3n) is 10.1. The van der Waals surface area contributed by atoms with Gasteiger partial charge < -0.3 is 18.7 Å². The van der Waals surface area contributed by atoms with E-state index in [9.17, 15) is 9.59 Å². The Labute approximate surface area is 323 Å². The second-order valence-electron chi connectivity index (χ2n) is 16.0. The van der Waals surface area contributed by atoms with Crippen LogP contribution in [0.1, 0.15) is 206 Å². The number of hydrogen-bond acceptors (Lipinski definition) is 5. The van der Waals surface area contributed by atoms with Crippen molar-refractivity contribution in [1.82, 2.24) is 0 Å². The van der Waals surface area contributed by atoms with Gasteiger partial charge in [-0.25, -0.2) is 0 Å². The monoisotopic (exact) mass is 735 g/mol. The van der Waals surface area contributed by atoms with E-state index < -0.39 is 6.10 Å². The van der Waals surface area contributed by atoms with Crippen LogP contribution in [0.15, 0.2) is 24.3 Å². The Morgan fingerprint density at radius 3 is 1.29 bits per heavy atom. The molecule has 0 saturated carbocycles. The number of hydrogen-bond donors (Lipinski definition) is 0. The number of quaternary nitrogens is 1. The van der Waals surface area contributed by atoms with Crippen LogP contribution in [0.3, 0.4) is 0 Å². The van der Waals surface area contributed by atoms with Gasteiger partial charge in [0.2, 0.25) is 0 Å². The molecule has 1 unspecified atom stereocenters. The van der Waals surface area contributed by atoms with Crippen LogP contribution in [0, 0.1) is 0 Å². The molecule has 0 aromatic heterocycles. The molecule has 306 valence electrons. The zero-order valence-electron chi connectivity index (χ0n) is 35.4. The largest absolute Gasteiger partial charge is 0.461 e. The topological polar surface area (TPSA) is 61.8 Å². The van der Waals surface area contributed by atoms with E-state index in [4.69, 9.17) is 14.2 Å². The molecule has 0 aliphatic carbocycles. The number of rotatable bonds is 40. The van der Waals surface area contributed by atoms with Gasteiger partial charge >= 0.3 is 11.9 Å². The van der Waals surface area contributed by atoms with Gasteiger partial charge in [-0.1, -0.05) is 154 Å². The van der Waals surface area contributed by atoms with Crippen LogP contribution in [0.5, 0.6) is 0 Å². The molecule has 0 radical (unpaired) electrons. The molecule has 0 aliphatic heterocycles. The summed E-state index contributed by atoms with van der Waals surface area (Å²) in [4.78, 5) is 25.3. The van der Waals surface area contributed by atoms with Gasteiger partial charge in [-0.3, -0.25) is 9.59 Å². The number of carbonyl (C=O) groups is 2. The third-order valence-corrected chi connectivity index (χ3v) is 10.1. The van der Waals surface area contributed by atoms with Gasteiger partial charge in [0.15, 0.2) is 6.10 Å². The fourth-order valence-electron chi connectivity index (χ4n) is 6.64.